The lowest BCUT2D eigenvalue weighted by Gasteiger charge is -2.08. The minimum atomic E-state index is 0.658. The van der Waals surface area contributed by atoms with Crippen LogP contribution in [0.5, 0.6) is 0 Å². The first-order valence-corrected chi connectivity index (χ1v) is 9.63. The molecule has 4 rings (SSSR count). The Kier molecular flexibility index (Phi) is 4.93. The van der Waals surface area contributed by atoms with E-state index in [9.17, 15) is 0 Å². The van der Waals surface area contributed by atoms with Crippen molar-refractivity contribution in [2.75, 3.05) is 5.84 Å². The summed E-state index contributed by atoms with van der Waals surface area (Å²) >= 11 is 1.53. The topological polar surface area (TPSA) is 74.5 Å². The molecule has 0 fully saturated rings. The van der Waals surface area contributed by atoms with Crippen LogP contribution >= 0.6 is 11.8 Å². The summed E-state index contributed by atoms with van der Waals surface area (Å²) in [5.74, 6) is 8.52. The Morgan fingerprint density at radius 1 is 1.00 bits per heavy atom. The summed E-state index contributed by atoms with van der Waals surface area (Å²) in [6, 6.07) is 18.4. The monoisotopic (exact) mass is 376 g/mol. The maximum Gasteiger partial charge on any atom is 0.210 e. The van der Waals surface area contributed by atoms with Gasteiger partial charge in [0.05, 0.1) is 5.75 Å². The van der Waals surface area contributed by atoms with Crippen molar-refractivity contribution in [3.8, 4) is 11.4 Å². The van der Waals surface area contributed by atoms with Crippen LogP contribution in [0.15, 0.2) is 72.1 Å². The highest BCUT2D eigenvalue weighted by atomic mass is 32.2. The third kappa shape index (κ3) is 3.88. The molecule has 0 unspecified atom stereocenters. The molecule has 4 aromatic rings. The van der Waals surface area contributed by atoms with E-state index in [1.807, 2.05) is 54.9 Å². The molecule has 27 heavy (non-hydrogen) atoms. The number of rotatable bonds is 6. The number of aromatic nitrogens is 5. The molecule has 7 heteroatoms. The van der Waals surface area contributed by atoms with Gasteiger partial charge in [-0.25, -0.2) is 9.66 Å². The van der Waals surface area contributed by atoms with Crippen molar-refractivity contribution in [2.24, 2.45) is 0 Å². The number of thioether (sulfide) groups is 1. The van der Waals surface area contributed by atoms with E-state index in [0.717, 1.165) is 17.9 Å². The predicted octanol–water partition coefficient (Wildman–Crippen LogP) is 3.50. The highest BCUT2D eigenvalue weighted by Gasteiger charge is 2.13. The minimum Gasteiger partial charge on any atom is -0.335 e. The van der Waals surface area contributed by atoms with Gasteiger partial charge in [0.1, 0.15) is 5.82 Å². The van der Waals surface area contributed by atoms with Crippen LogP contribution in [0.2, 0.25) is 0 Å². The van der Waals surface area contributed by atoms with Crippen molar-refractivity contribution in [3.63, 3.8) is 0 Å². The summed E-state index contributed by atoms with van der Waals surface area (Å²) in [6.45, 7) is 2.84. The number of hydrogen-bond acceptors (Lipinski definition) is 5. The molecular formula is C20H20N6S. The lowest BCUT2D eigenvalue weighted by molar-refractivity contribution is 0.754. The second-order valence-corrected chi connectivity index (χ2v) is 7.23. The maximum atomic E-state index is 6.22. The van der Waals surface area contributed by atoms with Gasteiger partial charge in [0.2, 0.25) is 5.16 Å². The lowest BCUT2D eigenvalue weighted by Crippen LogP contribution is -2.12. The van der Waals surface area contributed by atoms with Crippen LogP contribution in [-0.2, 0) is 12.3 Å². The average Bonchev–Trinajstić information content (AvgIpc) is 3.28. The van der Waals surface area contributed by atoms with Crippen molar-refractivity contribution in [3.05, 3.63) is 83.9 Å². The molecule has 0 atom stereocenters. The molecule has 0 aliphatic carbocycles. The standard InChI is InChI=1S/C20H20N6S/c1-15-7-9-17(10-8-15)19-23-24-20(26(19)21)27-14-18-22-11-12-25(18)13-16-5-3-2-4-6-16/h2-12H,13-14,21H2,1H3. The molecule has 0 saturated carbocycles. The number of benzene rings is 2. The van der Waals surface area contributed by atoms with Gasteiger partial charge >= 0.3 is 0 Å². The van der Waals surface area contributed by atoms with Crippen molar-refractivity contribution >= 4 is 11.8 Å². The molecule has 0 spiro atoms. The van der Waals surface area contributed by atoms with Crippen LogP contribution in [0.4, 0.5) is 0 Å². The molecule has 6 nitrogen and oxygen atoms in total. The molecule has 0 saturated heterocycles. The zero-order valence-electron chi connectivity index (χ0n) is 15.0. The number of nitrogens with two attached hydrogens (primary N) is 1. The highest BCUT2D eigenvalue weighted by molar-refractivity contribution is 7.98. The van der Waals surface area contributed by atoms with Gasteiger partial charge in [-0.3, -0.25) is 0 Å². The minimum absolute atomic E-state index is 0.658. The Hall–Kier alpha value is -3.06. The fourth-order valence-corrected chi connectivity index (χ4v) is 3.63. The second kappa shape index (κ2) is 7.67. The van der Waals surface area contributed by atoms with Crippen molar-refractivity contribution in [2.45, 2.75) is 24.4 Å². The molecule has 0 aliphatic rings. The van der Waals surface area contributed by atoms with Crippen molar-refractivity contribution in [1.82, 2.24) is 24.4 Å². The summed E-state index contributed by atoms with van der Waals surface area (Å²) in [7, 11) is 0. The third-order valence-electron chi connectivity index (χ3n) is 4.30. The van der Waals surface area contributed by atoms with Crippen molar-refractivity contribution in [1.29, 1.82) is 0 Å². The van der Waals surface area contributed by atoms with Gasteiger partial charge < -0.3 is 10.4 Å². The van der Waals surface area contributed by atoms with Crippen LogP contribution in [0.25, 0.3) is 11.4 Å². The summed E-state index contributed by atoms with van der Waals surface area (Å²) in [6.07, 6.45) is 3.82. The summed E-state index contributed by atoms with van der Waals surface area (Å²) in [5.41, 5.74) is 3.39. The van der Waals surface area contributed by atoms with Crippen molar-refractivity contribution < 1.29 is 0 Å². The van der Waals surface area contributed by atoms with E-state index < -0.39 is 0 Å². The number of hydrogen-bond donors (Lipinski definition) is 1. The van der Waals surface area contributed by atoms with E-state index in [1.54, 1.807) is 4.68 Å². The van der Waals surface area contributed by atoms with Gasteiger partial charge in [0.25, 0.3) is 0 Å². The molecule has 136 valence electrons. The highest BCUT2D eigenvalue weighted by Crippen LogP contribution is 2.24. The van der Waals surface area contributed by atoms with E-state index in [4.69, 9.17) is 5.84 Å². The van der Waals surface area contributed by atoms with Crippen LogP contribution in [0.3, 0.4) is 0 Å². The molecule has 2 aromatic heterocycles. The molecule has 0 bridgehead atoms. The Balaban J connectivity index is 1.47. The number of imidazole rings is 1. The first-order valence-electron chi connectivity index (χ1n) is 8.65. The molecule has 2 heterocycles. The Labute approximate surface area is 162 Å². The number of nitrogens with zero attached hydrogens (tertiary/aromatic N) is 5. The molecular weight excluding hydrogens is 356 g/mol. The van der Waals surface area contributed by atoms with Crippen LogP contribution < -0.4 is 5.84 Å². The Bertz CT molecular complexity index is 1020. The van der Waals surface area contributed by atoms with Gasteiger partial charge in [-0.1, -0.05) is 71.9 Å². The van der Waals surface area contributed by atoms with Gasteiger partial charge in [-0.2, -0.15) is 0 Å². The van der Waals surface area contributed by atoms with E-state index in [-0.39, 0.29) is 0 Å². The smallest absolute Gasteiger partial charge is 0.210 e. The molecule has 0 aliphatic heterocycles. The zero-order chi connectivity index (χ0) is 18.6. The van der Waals surface area contributed by atoms with Gasteiger partial charge in [-0.05, 0) is 12.5 Å². The fourth-order valence-electron chi connectivity index (χ4n) is 2.81. The van der Waals surface area contributed by atoms with E-state index >= 15 is 0 Å². The lowest BCUT2D eigenvalue weighted by atomic mass is 10.1. The molecule has 0 amide bonds. The van der Waals surface area contributed by atoms with E-state index in [0.29, 0.717) is 16.7 Å². The Morgan fingerprint density at radius 2 is 1.78 bits per heavy atom. The van der Waals surface area contributed by atoms with Crippen LogP contribution in [0, 0.1) is 6.92 Å². The van der Waals surface area contributed by atoms with Gasteiger partial charge in [0, 0.05) is 24.5 Å². The summed E-state index contributed by atoms with van der Waals surface area (Å²) in [5, 5.41) is 9.15. The fraction of sp³-hybridized carbons (Fsp3) is 0.150. The average molecular weight is 376 g/mol. The van der Waals surface area contributed by atoms with Crippen LogP contribution in [-0.4, -0.2) is 24.4 Å². The normalized spacial score (nSPS) is 11.0. The van der Waals surface area contributed by atoms with Gasteiger partial charge in [0.15, 0.2) is 5.82 Å². The zero-order valence-corrected chi connectivity index (χ0v) is 15.8. The first-order chi connectivity index (χ1) is 13.2. The summed E-state index contributed by atoms with van der Waals surface area (Å²) in [4.78, 5) is 4.48. The predicted molar refractivity (Wildman–Crippen MR) is 108 cm³/mol. The first kappa shape index (κ1) is 17.4. The Morgan fingerprint density at radius 3 is 2.56 bits per heavy atom. The maximum absolute atomic E-state index is 6.22. The number of aryl methyl sites for hydroxylation is 1. The van der Waals surface area contributed by atoms with Crippen LogP contribution in [0.1, 0.15) is 17.0 Å². The SMILES string of the molecule is Cc1ccc(-c2nnc(SCc3nccn3Cc3ccccc3)n2N)cc1. The molecule has 2 N–H and O–H groups in total. The summed E-state index contributed by atoms with van der Waals surface area (Å²) < 4.78 is 3.68. The van der Waals surface area contributed by atoms with Gasteiger partial charge in [-0.15, -0.1) is 10.2 Å². The number of nitrogen functional groups attached to an aromatic ring is 1. The van der Waals surface area contributed by atoms with E-state index in [2.05, 4.69) is 38.8 Å². The largest absolute Gasteiger partial charge is 0.335 e. The second-order valence-electron chi connectivity index (χ2n) is 6.29. The van der Waals surface area contributed by atoms with E-state index in [1.165, 1.54) is 22.9 Å². The third-order valence-corrected chi connectivity index (χ3v) is 5.24. The molecule has 2 aromatic carbocycles. The molecule has 0 radical (unpaired) electrons. The quantitative estimate of drug-likeness (QED) is 0.412.